The molecular weight excluding hydrogens is 711 g/mol. The van der Waals surface area contributed by atoms with Crippen molar-refractivity contribution in [1.82, 2.24) is 30.2 Å². The van der Waals surface area contributed by atoms with Crippen LogP contribution >= 0.6 is 0 Å². The number of carbonyl (C=O) groups is 4. The second-order valence-corrected chi connectivity index (χ2v) is 16.2. The Morgan fingerprint density at radius 1 is 1.04 bits per heavy atom. The Morgan fingerprint density at radius 3 is 2.60 bits per heavy atom. The van der Waals surface area contributed by atoms with E-state index in [9.17, 15) is 36.4 Å². The first-order chi connectivity index (χ1) is 25.3. The standard InChI is InChI=1S/C37H40F2N6O7S/c1-21-34(42-31-27(39)12-8-14-28(31)40-21)52-25-18-30-33(47)43-37(36(49)44-53(50,51)26-15-16-26)19-23(37)10-5-3-2-4-6-13-29(35(48)45(30)20-25)41-32(46)22-9-7-11-24(38)17-22/h5,7-12,14,17,23,25-26,29-30H,2-4,6,13,15-16,18-20H2,1H3,(H,41,46)(H,43,47)(H,44,49)/b10-5-/t23-,25-,29+,30+,37-/m1/s1. The number of hydrogen-bond acceptors (Lipinski definition) is 9. The predicted molar refractivity (Wildman–Crippen MR) is 188 cm³/mol. The van der Waals surface area contributed by atoms with Crippen LogP contribution in [0.25, 0.3) is 11.0 Å². The van der Waals surface area contributed by atoms with Crippen LogP contribution in [0.5, 0.6) is 5.88 Å². The number of benzene rings is 2. The Morgan fingerprint density at radius 2 is 1.83 bits per heavy atom. The van der Waals surface area contributed by atoms with Crippen LogP contribution in [-0.2, 0) is 24.4 Å². The molecule has 53 heavy (non-hydrogen) atoms. The van der Waals surface area contributed by atoms with Gasteiger partial charge in [0.2, 0.25) is 27.7 Å². The fourth-order valence-corrected chi connectivity index (χ4v) is 8.47. The van der Waals surface area contributed by atoms with E-state index >= 15 is 0 Å². The van der Waals surface area contributed by atoms with Gasteiger partial charge in [0.1, 0.15) is 40.8 Å². The van der Waals surface area contributed by atoms with Crippen molar-refractivity contribution >= 4 is 44.7 Å². The molecule has 5 atom stereocenters. The number of halogens is 2. The summed E-state index contributed by atoms with van der Waals surface area (Å²) in [6.07, 6.45) is 6.68. The van der Waals surface area contributed by atoms with Crippen molar-refractivity contribution in [3.8, 4) is 5.88 Å². The molecule has 1 saturated heterocycles. The Labute approximate surface area is 305 Å². The van der Waals surface area contributed by atoms with Crippen molar-refractivity contribution in [2.24, 2.45) is 5.92 Å². The fraction of sp³-hybridized carbons (Fsp3) is 0.459. The maximum absolute atomic E-state index is 14.7. The number of nitrogens with one attached hydrogen (secondary N) is 3. The molecule has 0 radical (unpaired) electrons. The normalized spacial score (nSPS) is 27.0. The van der Waals surface area contributed by atoms with Gasteiger partial charge in [-0.1, -0.05) is 37.1 Å². The van der Waals surface area contributed by atoms with Crippen LogP contribution in [0, 0.1) is 24.5 Å². The van der Waals surface area contributed by atoms with Crippen molar-refractivity contribution in [3.05, 3.63) is 77.5 Å². The lowest BCUT2D eigenvalue weighted by Crippen LogP contribution is -2.58. The van der Waals surface area contributed by atoms with E-state index in [1.807, 2.05) is 12.2 Å². The van der Waals surface area contributed by atoms with E-state index < -0.39 is 80.2 Å². The largest absolute Gasteiger partial charge is 0.471 e. The zero-order valence-corrected chi connectivity index (χ0v) is 29.8. The number of hydrogen-bond donors (Lipinski definition) is 3. The van der Waals surface area contributed by atoms with Crippen LogP contribution in [0.15, 0.2) is 54.6 Å². The minimum Gasteiger partial charge on any atom is -0.471 e. The van der Waals surface area contributed by atoms with Gasteiger partial charge in [-0.2, -0.15) is 0 Å². The second kappa shape index (κ2) is 14.4. The van der Waals surface area contributed by atoms with Crippen molar-refractivity contribution in [3.63, 3.8) is 0 Å². The zero-order chi connectivity index (χ0) is 37.5. The highest BCUT2D eigenvalue weighted by atomic mass is 32.2. The highest BCUT2D eigenvalue weighted by Gasteiger charge is 2.62. The molecule has 2 saturated carbocycles. The molecule has 0 bridgehead atoms. The quantitative estimate of drug-likeness (QED) is 0.306. The van der Waals surface area contributed by atoms with Crippen LogP contribution in [0.3, 0.4) is 0 Å². The third-order valence-electron chi connectivity index (χ3n) is 10.3. The van der Waals surface area contributed by atoms with Gasteiger partial charge in [0.25, 0.3) is 11.8 Å². The number of fused-ring (bicyclic) bond motifs is 3. The van der Waals surface area contributed by atoms with E-state index in [1.165, 1.54) is 35.2 Å². The summed E-state index contributed by atoms with van der Waals surface area (Å²) < 4.78 is 62.6. The van der Waals surface area contributed by atoms with E-state index in [2.05, 4.69) is 25.3 Å². The number of amides is 4. The van der Waals surface area contributed by atoms with Gasteiger partial charge >= 0.3 is 0 Å². The molecule has 0 unspecified atom stereocenters. The van der Waals surface area contributed by atoms with E-state index in [0.29, 0.717) is 43.3 Å². The number of ether oxygens (including phenoxy) is 1. The number of aromatic nitrogens is 2. The summed E-state index contributed by atoms with van der Waals surface area (Å²) in [6, 6.07) is 7.11. The maximum atomic E-state index is 14.7. The summed E-state index contributed by atoms with van der Waals surface area (Å²) in [5.41, 5.74) is -0.893. The molecule has 16 heteroatoms. The summed E-state index contributed by atoms with van der Waals surface area (Å²) >= 11 is 0. The van der Waals surface area contributed by atoms with E-state index in [-0.39, 0.29) is 42.8 Å². The van der Waals surface area contributed by atoms with Crippen molar-refractivity contribution < 1.29 is 41.1 Å². The molecule has 3 heterocycles. The van der Waals surface area contributed by atoms with Gasteiger partial charge in [-0.15, -0.1) is 0 Å². The van der Waals surface area contributed by atoms with Gasteiger partial charge in [0.15, 0.2) is 5.82 Å². The molecule has 4 amide bonds. The summed E-state index contributed by atoms with van der Waals surface area (Å²) in [5, 5.41) is 4.88. The van der Waals surface area contributed by atoms with Gasteiger partial charge in [0, 0.05) is 17.9 Å². The van der Waals surface area contributed by atoms with Crippen LogP contribution in [0.4, 0.5) is 8.78 Å². The lowest BCUT2D eigenvalue weighted by molar-refractivity contribution is -0.141. The van der Waals surface area contributed by atoms with Gasteiger partial charge in [0.05, 0.1) is 17.3 Å². The first-order valence-corrected chi connectivity index (χ1v) is 19.4. The summed E-state index contributed by atoms with van der Waals surface area (Å²) in [6.45, 7) is 1.49. The first-order valence-electron chi connectivity index (χ1n) is 17.9. The third kappa shape index (κ3) is 7.73. The fourth-order valence-electron chi connectivity index (χ4n) is 7.10. The smallest absolute Gasteiger partial charge is 0.259 e. The number of rotatable bonds is 7. The molecule has 280 valence electrons. The van der Waals surface area contributed by atoms with Crippen LogP contribution < -0.4 is 20.1 Å². The van der Waals surface area contributed by atoms with E-state index in [4.69, 9.17) is 4.74 Å². The SMILES string of the molecule is Cc1nc2cccc(F)c2nc1O[C@@H]1C[C@H]2C(=O)N[C@]3(C(=O)NS(=O)(=O)C4CC4)C[C@H]3/C=C\CCCCC[C@H](NC(=O)c3cccc(F)c3)C(=O)N2C1. The molecular formula is C37H40F2N6O7S. The number of para-hydroxylation sites is 1. The van der Waals surface area contributed by atoms with Crippen molar-refractivity contribution in [2.45, 2.75) is 93.7 Å². The zero-order valence-electron chi connectivity index (χ0n) is 29.0. The molecule has 7 rings (SSSR count). The Bertz CT molecular complexity index is 2110. The Hall–Kier alpha value is -4.99. The predicted octanol–water partition coefficient (Wildman–Crippen LogP) is 3.37. The number of allylic oxidation sites excluding steroid dienone is 1. The van der Waals surface area contributed by atoms with Crippen molar-refractivity contribution in [1.29, 1.82) is 0 Å². The third-order valence-corrected chi connectivity index (χ3v) is 12.1. The lowest BCUT2D eigenvalue weighted by Gasteiger charge is -2.30. The summed E-state index contributed by atoms with van der Waals surface area (Å²) in [7, 11) is -3.93. The molecule has 0 spiro atoms. The summed E-state index contributed by atoms with van der Waals surface area (Å²) in [5.74, 6) is -4.52. The molecule has 3 fully saturated rings. The summed E-state index contributed by atoms with van der Waals surface area (Å²) in [4.78, 5) is 65.7. The number of aryl methyl sites for hydroxylation is 1. The number of nitrogens with zero attached hydrogens (tertiary/aromatic N) is 3. The monoisotopic (exact) mass is 750 g/mol. The van der Waals surface area contributed by atoms with Crippen molar-refractivity contribution in [2.75, 3.05) is 6.54 Å². The van der Waals surface area contributed by atoms with E-state index in [0.717, 1.165) is 12.5 Å². The maximum Gasteiger partial charge on any atom is 0.259 e. The number of carbonyl (C=O) groups excluding carboxylic acids is 4. The molecule has 1 aromatic heterocycles. The Balaban J connectivity index is 1.20. The average Bonchev–Trinajstić information content (AvgIpc) is 4.04. The van der Waals surface area contributed by atoms with E-state index in [1.54, 1.807) is 13.0 Å². The van der Waals surface area contributed by atoms with Gasteiger partial charge < -0.3 is 20.3 Å². The minimum absolute atomic E-state index is 0.00711. The molecule has 3 N–H and O–H groups in total. The topological polar surface area (TPSA) is 177 Å². The average molecular weight is 751 g/mol. The lowest BCUT2D eigenvalue weighted by atomic mass is 10.0. The highest BCUT2D eigenvalue weighted by molar-refractivity contribution is 7.91. The first kappa shape index (κ1) is 36.4. The van der Waals surface area contributed by atoms with Crippen LogP contribution in [-0.4, -0.2) is 82.4 Å². The molecule has 13 nitrogen and oxygen atoms in total. The molecule has 2 aliphatic heterocycles. The highest BCUT2D eigenvalue weighted by Crippen LogP contribution is 2.46. The second-order valence-electron chi connectivity index (χ2n) is 14.3. The van der Waals surface area contributed by atoms with Gasteiger partial charge in [-0.05, 0) is 75.8 Å². The van der Waals surface area contributed by atoms with Gasteiger partial charge in [-0.3, -0.25) is 23.9 Å². The minimum atomic E-state index is -3.93. The molecule has 3 aromatic rings. The van der Waals surface area contributed by atoms with Gasteiger partial charge in [-0.25, -0.2) is 27.2 Å². The number of sulfonamides is 1. The molecule has 2 aromatic carbocycles. The van der Waals surface area contributed by atoms with Crippen LogP contribution in [0.2, 0.25) is 0 Å². The Kier molecular flexibility index (Phi) is 9.91. The molecule has 2 aliphatic carbocycles. The van der Waals surface area contributed by atoms with Crippen LogP contribution in [0.1, 0.15) is 73.8 Å². The molecule has 4 aliphatic rings.